The van der Waals surface area contributed by atoms with Gasteiger partial charge < -0.3 is 5.73 Å². The van der Waals surface area contributed by atoms with Crippen molar-refractivity contribution < 1.29 is 5.21 Å². The zero-order valence-electron chi connectivity index (χ0n) is 9.08. The molecule has 4 heteroatoms. The topological polar surface area (TPSA) is 49.5 Å². The van der Waals surface area contributed by atoms with Crippen molar-refractivity contribution in [3.05, 3.63) is 65.0 Å². The first-order valence-electron chi connectivity index (χ1n) is 5.12. The van der Waals surface area contributed by atoms with Gasteiger partial charge in [0.15, 0.2) is 5.11 Å². The van der Waals surface area contributed by atoms with Crippen molar-refractivity contribution in [2.75, 3.05) is 5.06 Å². The van der Waals surface area contributed by atoms with Crippen molar-refractivity contribution in [3.63, 3.8) is 0 Å². The number of rotatable bonds is 1. The van der Waals surface area contributed by atoms with Crippen molar-refractivity contribution in [1.82, 2.24) is 0 Å². The number of para-hydroxylation sites is 1. The fourth-order valence-corrected chi connectivity index (χ4v) is 1.46. The lowest BCUT2D eigenvalue weighted by atomic mass is 10.1. The number of hydroxylamine groups is 1. The van der Waals surface area contributed by atoms with Crippen molar-refractivity contribution >= 4 is 23.0 Å². The van der Waals surface area contributed by atoms with Gasteiger partial charge in [-0.25, -0.2) is 0 Å². The summed E-state index contributed by atoms with van der Waals surface area (Å²) in [5.41, 5.74) is 5.74. The molecule has 0 amide bonds. The third-order valence-electron chi connectivity index (χ3n) is 2.43. The summed E-state index contributed by atoms with van der Waals surface area (Å²) in [5, 5.41) is 12.7. The molecule has 1 aromatic rings. The van der Waals surface area contributed by atoms with E-state index in [1.165, 1.54) is 10.4 Å². The largest absolute Gasteiger partial charge is 0.374 e. The zero-order chi connectivity index (χ0) is 12.3. The Hall–Kier alpha value is -1.91. The monoisotopic (exact) mass is 244 g/mol. The van der Waals surface area contributed by atoms with Gasteiger partial charge in [0, 0.05) is 0 Å². The van der Waals surface area contributed by atoms with E-state index in [0.717, 1.165) is 5.06 Å². The molecule has 86 valence electrons. The average Bonchev–Trinajstić information content (AvgIpc) is 2.34. The predicted molar refractivity (Wildman–Crippen MR) is 71.6 cm³/mol. The highest BCUT2D eigenvalue weighted by Crippen LogP contribution is 2.09. The van der Waals surface area contributed by atoms with E-state index in [1.807, 2.05) is 6.07 Å². The minimum absolute atomic E-state index is 0.0591. The Morgan fingerprint density at radius 1 is 0.941 bits per heavy atom. The molecule has 0 bridgehead atoms. The Bertz CT molecular complexity index is 563. The number of nitrogens with two attached hydrogens (primary N) is 1. The van der Waals surface area contributed by atoms with Gasteiger partial charge in [-0.2, -0.15) is 5.06 Å². The summed E-state index contributed by atoms with van der Waals surface area (Å²) in [5.74, 6) is 0. The van der Waals surface area contributed by atoms with Crippen LogP contribution in [0.15, 0.2) is 54.6 Å². The van der Waals surface area contributed by atoms with Crippen LogP contribution in [0.25, 0.3) is 0 Å². The SMILES string of the molecule is NC(=S)N(O)c1ccccc1.c1cc2ccc1=2. The standard InChI is InChI=1S/C7H8N2OS.C6H4/c8-7(11)9(10)6-4-2-1-3-5-6;1-2-6-4-3-5(1)6/h1-5,10H,(H2,8,11);1-4H. The Kier molecular flexibility index (Phi) is 3.37. The number of hydrogen-bond donors (Lipinski definition) is 2. The molecule has 2 aliphatic carbocycles. The number of hydrogen-bond acceptors (Lipinski definition) is 2. The van der Waals surface area contributed by atoms with E-state index in [0.29, 0.717) is 5.69 Å². The molecule has 1 aromatic carbocycles. The maximum atomic E-state index is 9.16. The molecule has 17 heavy (non-hydrogen) atoms. The minimum atomic E-state index is -0.0591. The van der Waals surface area contributed by atoms with Crippen LogP contribution in [0.1, 0.15) is 0 Å². The molecule has 0 fully saturated rings. The molecular formula is C13H12N2OS. The van der Waals surface area contributed by atoms with Crippen LogP contribution >= 0.6 is 12.2 Å². The maximum Gasteiger partial charge on any atom is 0.195 e. The molecule has 0 spiro atoms. The minimum Gasteiger partial charge on any atom is -0.374 e. The molecule has 0 unspecified atom stereocenters. The van der Waals surface area contributed by atoms with Crippen LogP contribution in [0.4, 0.5) is 5.69 Å². The molecule has 0 atom stereocenters. The lowest BCUT2D eigenvalue weighted by molar-refractivity contribution is 0.313. The van der Waals surface area contributed by atoms with Crippen LogP contribution in [-0.4, -0.2) is 10.3 Å². The Labute approximate surface area is 104 Å². The van der Waals surface area contributed by atoms with Gasteiger partial charge in [-0.1, -0.05) is 42.5 Å². The van der Waals surface area contributed by atoms with Crippen molar-refractivity contribution in [2.45, 2.75) is 0 Å². The highest BCUT2D eigenvalue weighted by Gasteiger charge is 2.02. The molecule has 0 saturated carbocycles. The maximum absolute atomic E-state index is 9.16. The van der Waals surface area contributed by atoms with Crippen LogP contribution in [0.3, 0.4) is 0 Å². The predicted octanol–water partition coefficient (Wildman–Crippen LogP) is 2.41. The smallest absolute Gasteiger partial charge is 0.195 e. The first-order valence-corrected chi connectivity index (χ1v) is 5.53. The number of thiocarbonyl (C=S) groups is 1. The van der Waals surface area contributed by atoms with Gasteiger partial charge >= 0.3 is 0 Å². The molecule has 0 radical (unpaired) electrons. The van der Waals surface area contributed by atoms with Gasteiger partial charge in [-0.05, 0) is 34.8 Å². The second kappa shape index (κ2) is 4.95. The summed E-state index contributed by atoms with van der Waals surface area (Å²) in [7, 11) is 0. The highest BCUT2D eigenvalue weighted by molar-refractivity contribution is 7.80. The molecule has 0 saturated heterocycles. The van der Waals surface area contributed by atoms with E-state index in [2.05, 4.69) is 36.5 Å². The van der Waals surface area contributed by atoms with E-state index < -0.39 is 0 Å². The molecule has 0 aromatic heterocycles. The van der Waals surface area contributed by atoms with Crippen molar-refractivity contribution in [1.29, 1.82) is 0 Å². The fraction of sp³-hybridized carbons (Fsp3) is 0. The summed E-state index contributed by atoms with van der Waals surface area (Å²) >= 11 is 4.55. The van der Waals surface area contributed by atoms with Crippen LogP contribution in [0.2, 0.25) is 0 Å². The van der Waals surface area contributed by atoms with Gasteiger partial charge in [0.1, 0.15) is 0 Å². The molecule has 0 heterocycles. The van der Waals surface area contributed by atoms with Gasteiger partial charge in [-0.3, -0.25) is 5.21 Å². The first kappa shape index (κ1) is 11.6. The third-order valence-corrected chi connectivity index (χ3v) is 2.60. The van der Waals surface area contributed by atoms with Crippen LogP contribution in [0.5, 0.6) is 0 Å². The summed E-state index contributed by atoms with van der Waals surface area (Å²) in [4.78, 5) is 0. The quantitative estimate of drug-likeness (QED) is 0.510. The third kappa shape index (κ3) is 2.61. The number of benzene rings is 2. The zero-order valence-corrected chi connectivity index (χ0v) is 9.89. The normalized spacial score (nSPS) is 9.94. The Morgan fingerprint density at radius 3 is 1.71 bits per heavy atom. The first-order chi connectivity index (χ1) is 8.18. The van der Waals surface area contributed by atoms with Crippen LogP contribution in [-0.2, 0) is 0 Å². The highest BCUT2D eigenvalue weighted by atomic mass is 32.1. The lowest BCUT2D eigenvalue weighted by Gasteiger charge is -2.13. The van der Waals surface area contributed by atoms with Gasteiger partial charge in [0.25, 0.3) is 0 Å². The van der Waals surface area contributed by atoms with E-state index in [4.69, 9.17) is 10.9 Å². The summed E-state index contributed by atoms with van der Waals surface area (Å²) in [6.07, 6.45) is 0. The number of nitrogens with zero attached hydrogens (tertiary/aromatic N) is 1. The van der Waals surface area contributed by atoms with Gasteiger partial charge in [0.05, 0.1) is 5.69 Å². The van der Waals surface area contributed by atoms with Crippen molar-refractivity contribution in [2.24, 2.45) is 5.73 Å². The average molecular weight is 244 g/mol. The summed E-state index contributed by atoms with van der Waals surface area (Å²) < 4.78 is 0. The molecular weight excluding hydrogens is 232 g/mol. The van der Waals surface area contributed by atoms with E-state index >= 15 is 0 Å². The Balaban J connectivity index is 0.000000148. The van der Waals surface area contributed by atoms with Gasteiger partial charge in [0.2, 0.25) is 0 Å². The van der Waals surface area contributed by atoms with Gasteiger partial charge in [-0.15, -0.1) is 0 Å². The van der Waals surface area contributed by atoms with Crippen LogP contribution in [0, 0.1) is 10.4 Å². The second-order valence-corrected chi connectivity index (χ2v) is 3.98. The second-order valence-electron chi connectivity index (χ2n) is 3.56. The fourth-order valence-electron chi connectivity index (χ4n) is 1.36. The molecule has 0 aliphatic heterocycles. The summed E-state index contributed by atoms with van der Waals surface area (Å²) in [6, 6.07) is 17.3. The Morgan fingerprint density at radius 2 is 1.41 bits per heavy atom. The van der Waals surface area contributed by atoms with E-state index in [9.17, 15) is 0 Å². The molecule has 3 N–H and O–H groups in total. The number of anilines is 1. The van der Waals surface area contributed by atoms with Crippen LogP contribution < -0.4 is 10.8 Å². The molecule has 2 aliphatic rings. The lowest BCUT2D eigenvalue weighted by Crippen LogP contribution is -2.31. The summed E-state index contributed by atoms with van der Waals surface area (Å²) in [6.45, 7) is 0. The van der Waals surface area contributed by atoms with E-state index in [-0.39, 0.29) is 5.11 Å². The molecule has 3 rings (SSSR count). The van der Waals surface area contributed by atoms with E-state index in [1.54, 1.807) is 24.3 Å². The van der Waals surface area contributed by atoms with Crippen molar-refractivity contribution in [3.8, 4) is 0 Å². The molecule has 3 nitrogen and oxygen atoms in total.